The van der Waals surface area contributed by atoms with Gasteiger partial charge in [-0.05, 0) is 6.07 Å². The Hall–Kier alpha value is -1.78. The summed E-state index contributed by atoms with van der Waals surface area (Å²) in [6, 6.07) is 1.21. The van der Waals surface area contributed by atoms with Crippen LogP contribution >= 0.6 is 0 Å². The van der Waals surface area contributed by atoms with E-state index in [1.807, 2.05) is 0 Å². The molecule has 1 aromatic rings. The zero-order chi connectivity index (χ0) is 8.55. The van der Waals surface area contributed by atoms with Gasteiger partial charge in [0, 0.05) is 6.20 Å². The minimum atomic E-state index is -0.507. The fourth-order valence-corrected chi connectivity index (χ4v) is 1.09. The molecule has 2 amide bonds. The third-order valence-corrected chi connectivity index (χ3v) is 1.64. The SMILES string of the molecule is NC(=O)N1[CH]Nc2cnccc21. The number of amides is 2. The highest BCUT2D eigenvalue weighted by atomic mass is 16.2. The van der Waals surface area contributed by atoms with Crippen LogP contribution in [0.4, 0.5) is 16.2 Å². The summed E-state index contributed by atoms with van der Waals surface area (Å²) in [6.07, 6.45) is 3.24. The largest absolute Gasteiger partial charge is 0.359 e. The van der Waals surface area contributed by atoms with E-state index in [2.05, 4.69) is 10.3 Å². The van der Waals surface area contributed by atoms with Crippen molar-refractivity contribution in [1.29, 1.82) is 0 Å². The second-order valence-corrected chi connectivity index (χ2v) is 2.37. The summed E-state index contributed by atoms with van der Waals surface area (Å²) in [7, 11) is 0. The molecule has 1 radical (unpaired) electrons. The molecule has 0 aromatic carbocycles. The van der Waals surface area contributed by atoms with Gasteiger partial charge in [0.25, 0.3) is 0 Å². The molecule has 0 spiro atoms. The number of nitrogens with two attached hydrogens (primary N) is 1. The Morgan fingerprint density at radius 1 is 1.67 bits per heavy atom. The molecule has 61 valence electrons. The molecule has 0 fully saturated rings. The van der Waals surface area contributed by atoms with Crippen molar-refractivity contribution in [3.8, 4) is 0 Å². The van der Waals surface area contributed by atoms with Crippen molar-refractivity contribution in [2.75, 3.05) is 10.2 Å². The predicted octanol–water partition coefficient (Wildman–Crippen LogP) is 0.511. The molecule has 1 aliphatic heterocycles. The number of pyridine rings is 1. The Balaban J connectivity index is 2.42. The summed E-state index contributed by atoms with van der Waals surface area (Å²) in [5.74, 6) is 0. The smallest absolute Gasteiger partial charge is 0.321 e. The molecule has 0 saturated carbocycles. The van der Waals surface area contributed by atoms with Crippen LogP contribution in [0.1, 0.15) is 0 Å². The van der Waals surface area contributed by atoms with Gasteiger partial charge in [-0.3, -0.25) is 9.88 Å². The molecule has 0 atom stereocenters. The van der Waals surface area contributed by atoms with Crippen LogP contribution in [0.25, 0.3) is 0 Å². The van der Waals surface area contributed by atoms with E-state index < -0.39 is 6.03 Å². The van der Waals surface area contributed by atoms with Crippen molar-refractivity contribution in [2.24, 2.45) is 5.73 Å². The molecule has 0 saturated heterocycles. The van der Waals surface area contributed by atoms with E-state index in [4.69, 9.17) is 5.73 Å². The van der Waals surface area contributed by atoms with E-state index in [0.29, 0.717) is 0 Å². The number of hydrogen-bond acceptors (Lipinski definition) is 3. The number of carbonyl (C=O) groups is 1. The highest BCUT2D eigenvalue weighted by Crippen LogP contribution is 2.30. The topological polar surface area (TPSA) is 71.2 Å². The van der Waals surface area contributed by atoms with Gasteiger partial charge in [-0.25, -0.2) is 4.79 Å². The second kappa shape index (κ2) is 2.37. The fourth-order valence-electron chi connectivity index (χ4n) is 1.09. The first kappa shape index (κ1) is 6.90. The van der Waals surface area contributed by atoms with Gasteiger partial charge in [-0.2, -0.15) is 0 Å². The number of primary amides is 1. The summed E-state index contributed by atoms with van der Waals surface area (Å²) in [4.78, 5) is 16.0. The molecular formula is C7H7N4O. The zero-order valence-electron chi connectivity index (χ0n) is 6.19. The van der Waals surface area contributed by atoms with E-state index in [1.165, 1.54) is 11.6 Å². The van der Waals surface area contributed by atoms with Crippen LogP contribution in [0.2, 0.25) is 0 Å². The molecule has 2 rings (SSSR count). The van der Waals surface area contributed by atoms with Crippen molar-refractivity contribution in [2.45, 2.75) is 0 Å². The Kier molecular flexibility index (Phi) is 1.36. The standard InChI is InChI=1S/C7H7N4O/c8-7(12)11-4-10-5-3-9-2-1-6(5)11/h1-4,10H,(H2,8,12). The quantitative estimate of drug-likeness (QED) is 0.585. The molecule has 1 aliphatic rings. The predicted molar refractivity (Wildman–Crippen MR) is 44.2 cm³/mol. The number of nitrogens with zero attached hydrogens (tertiary/aromatic N) is 2. The molecule has 1 aromatic heterocycles. The van der Waals surface area contributed by atoms with Crippen molar-refractivity contribution >= 4 is 17.4 Å². The first-order chi connectivity index (χ1) is 5.79. The third kappa shape index (κ3) is 0.868. The molecule has 12 heavy (non-hydrogen) atoms. The van der Waals surface area contributed by atoms with Crippen molar-refractivity contribution in [3.63, 3.8) is 0 Å². The molecular weight excluding hydrogens is 156 g/mol. The molecule has 2 heterocycles. The van der Waals surface area contributed by atoms with Gasteiger partial charge in [0.15, 0.2) is 0 Å². The van der Waals surface area contributed by atoms with Gasteiger partial charge in [0.1, 0.15) is 6.67 Å². The molecule has 0 aliphatic carbocycles. The average molecular weight is 163 g/mol. The second-order valence-electron chi connectivity index (χ2n) is 2.37. The summed E-state index contributed by atoms with van der Waals surface area (Å²) >= 11 is 0. The van der Waals surface area contributed by atoms with Gasteiger partial charge < -0.3 is 11.1 Å². The van der Waals surface area contributed by atoms with E-state index >= 15 is 0 Å². The van der Waals surface area contributed by atoms with Crippen molar-refractivity contribution < 1.29 is 4.79 Å². The van der Waals surface area contributed by atoms with Gasteiger partial charge in [-0.15, -0.1) is 0 Å². The lowest BCUT2D eigenvalue weighted by Gasteiger charge is -2.10. The lowest BCUT2D eigenvalue weighted by molar-refractivity contribution is 0.255. The summed E-state index contributed by atoms with van der Waals surface area (Å²) < 4.78 is 0. The van der Waals surface area contributed by atoms with Crippen LogP contribution in [-0.4, -0.2) is 11.0 Å². The van der Waals surface area contributed by atoms with E-state index in [0.717, 1.165) is 11.4 Å². The minimum absolute atomic E-state index is 0.507. The van der Waals surface area contributed by atoms with E-state index in [1.54, 1.807) is 18.5 Å². The first-order valence-corrected chi connectivity index (χ1v) is 3.41. The molecule has 5 nitrogen and oxygen atoms in total. The number of carbonyl (C=O) groups excluding carboxylic acids is 1. The molecule has 0 unspecified atom stereocenters. The van der Waals surface area contributed by atoms with Crippen LogP contribution in [0.15, 0.2) is 18.5 Å². The zero-order valence-corrected chi connectivity index (χ0v) is 6.19. The maximum absolute atomic E-state index is 10.8. The van der Waals surface area contributed by atoms with Gasteiger partial charge in [0.2, 0.25) is 0 Å². The maximum Gasteiger partial charge on any atom is 0.321 e. The summed E-state index contributed by atoms with van der Waals surface area (Å²) in [6.45, 7) is 1.51. The van der Waals surface area contributed by atoms with Gasteiger partial charge in [0.05, 0.1) is 17.6 Å². The van der Waals surface area contributed by atoms with Crippen LogP contribution < -0.4 is 16.0 Å². The first-order valence-electron chi connectivity index (χ1n) is 3.41. The minimum Gasteiger partial charge on any atom is -0.359 e. The van der Waals surface area contributed by atoms with Gasteiger partial charge in [-0.1, -0.05) is 0 Å². The van der Waals surface area contributed by atoms with Gasteiger partial charge >= 0.3 is 6.03 Å². The fraction of sp³-hybridized carbons (Fsp3) is 0. The molecule has 5 heteroatoms. The average Bonchev–Trinajstić information content (AvgIpc) is 2.47. The lowest BCUT2D eigenvalue weighted by atomic mass is 10.3. The number of aromatic nitrogens is 1. The highest BCUT2D eigenvalue weighted by Gasteiger charge is 2.22. The van der Waals surface area contributed by atoms with Crippen LogP contribution in [0, 0.1) is 6.67 Å². The Bertz CT molecular complexity index is 325. The summed E-state index contributed by atoms with van der Waals surface area (Å²) in [5.41, 5.74) is 6.63. The number of rotatable bonds is 0. The Morgan fingerprint density at radius 3 is 3.25 bits per heavy atom. The number of urea groups is 1. The van der Waals surface area contributed by atoms with Crippen molar-refractivity contribution in [1.82, 2.24) is 4.98 Å². The number of anilines is 2. The monoisotopic (exact) mass is 163 g/mol. The molecule has 0 bridgehead atoms. The summed E-state index contributed by atoms with van der Waals surface area (Å²) in [5, 5.41) is 2.87. The highest BCUT2D eigenvalue weighted by molar-refractivity contribution is 5.98. The number of fused-ring (bicyclic) bond motifs is 1. The van der Waals surface area contributed by atoms with Crippen LogP contribution in [0.5, 0.6) is 0 Å². The Labute approximate surface area is 69.2 Å². The van der Waals surface area contributed by atoms with Crippen LogP contribution in [0.3, 0.4) is 0 Å². The lowest BCUT2D eigenvalue weighted by Crippen LogP contribution is -2.31. The Morgan fingerprint density at radius 2 is 2.50 bits per heavy atom. The maximum atomic E-state index is 10.8. The normalized spacial score (nSPS) is 13.8. The third-order valence-electron chi connectivity index (χ3n) is 1.64. The molecule has 3 N–H and O–H groups in total. The van der Waals surface area contributed by atoms with E-state index in [9.17, 15) is 4.79 Å². The van der Waals surface area contributed by atoms with Crippen molar-refractivity contribution in [3.05, 3.63) is 25.1 Å². The van der Waals surface area contributed by atoms with Crippen LogP contribution in [-0.2, 0) is 0 Å². The number of nitrogens with one attached hydrogen (secondary N) is 1. The van der Waals surface area contributed by atoms with E-state index in [-0.39, 0.29) is 0 Å². The number of hydrogen-bond donors (Lipinski definition) is 2.